The second-order valence-corrected chi connectivity index (χ2v) is 7.98. The largest absolute Gasteiger partial charge is 0.298 e. The quantitative estimate of drug-likeness (QED) is 0.515. The normalized spacial score (nSPS) is 19.8. The van der Waals surface area contributed by atoms with E-state index in [1.54, 1.807) is 0 Å². The maximum Gasteiger partial charge on any atom is 0.164 e. The van der Waals surface area contributed by atoms with Crippen LogP contribution in [0.2, 0.25) is 0 Å². The Morgan fingerprint density at radius 2 is 1.52 bits per heavy atom. The Bertz CT molecular complexity index is 606. The third-order valence-corrected chi connectivity index (χ3v) is 4.57. The maximum absolute atomic E-state index is 13.2. The molecular weight excluding hydrogens is 316 g/mol. The molecule has 1 fully saturated rings. The van der Waals surface area contributed by atoms with Crippen LogP contribution < -0.4 is 0 Å². The highest BCUT2D eigenvalue weighted by atomic mass is 16.2. The molecule has 0 radical (unpaired) electrons. The fraction of sp³-hybridized carbons (Fsp3) is 0.619. The molecule has 1 rings (SSSR count). The van der Waals surface area contributed by atoms with Crippen molar-refractivity contribution in [3.05, 3.63) is 23.3 Å². The molecule has 0 spiro atoms. The summed E-state index contributed by atoms with van der Waals surface area (Å²) in [5, 5.41) is 0. The van der Waals surface area contributed by atoms with Crippen LogP contribution in [0.25, 0.3) is 0 Å². The summed E-state index contributed by atoms with van der Waals surface area (Å²) in [4.78, 5) is 50.8. The Labute approximate surface area is 150 Å². The fourth-order valence-electron chi connectivity index (χ4n) is 3.10. The van der Waals surface area contributed by atoms with Crippen LogP contribution in [-0.2, 0) is 19.2 Å². The minimum absolute atomic E-state index is 0.0655. The van der Waals surface area contributed by atoms with Gasteiger partial charge < -0.3 is 0 Å². The fourth-order valence-corrected chi connectivity index (χ4v) is 3.10. The second kappa shape index (κ2) is 8.50. The van der Waals surface area contributed by atoms with Crippen LogP contribution in [0.1, 0.15) is 67.2 Å². The molecule has 0 aromatic carbocycles. The zero-order chi connectivity index (χ0) is 19.4. The molecule has 0 aliphatic heterocycles. The summed E-state index contributed by atoms with van der Waals surface area (Å²) in [5.41, 5.74) is 0.706. The van der Waals surface area contributed by atoms with Gasteiger partial charge in [-0.15, -0.1) is 0 Å². The molecule has 0 saturated heterocycles. The number of hydrogen-bond acceptors (Lipinski definition) is 4. The average Bonchev–Trinajstić information content (AvgIpc) is 2.45. The first-order valence-electron chi connectivity index (χ1n) is 8.91. The van der Waals surface area contributed by atoms with E-state index in [0.29, 0.717) is 0 Å². The van der Waals surface area contributed by atoms with E-state index in [0.717, 1.165) is 11.1 Å². The lowest BCUT2D eigenvalue weighted by molar-refractivity contribution is -0.154. The molecule has 0 heterocycles. The summed E-state index contributed by atoms with van der Waals surface area (Å²) in [6.07, 6.45) is 4.05. The van der Waals surface area contributed by atoms with Crippen LogP contribution >= 0.6 is 0 Å². The Morgan fingerprint density at radius 3 is 1.92 bits per heavy atom. The maximum atomic E-state index is 13.2. The Hall–Kier alpha value is -1.84. The zero-order valence-electron chi connectivity index (χ0n) is 16.3. The van der Waals surface area contributed by atoms with Crippen molar-refractivity contribution in [1.82, 2.24) is 0 Å². The number of hydrogen-bond donors (Lipinski definition) is 0. The van der Waals surface area contributed by atoms with E-state index in [-0.39, 0.29) is 43.2 Å². The lowest BCUT2D eigenvalue weighted by Crippen LogP contribution is -2.53. The topological polar surface area (TPSA) is 68.3 Å². The highest BCUT2D eigenvalue weighted by Crippen LogP contribution is 2.40. The van der Waals surface area contributed by atoms with Gasteiger partial charge in [-0.05, 0) is 46.5 Å². The molecule has 1 aliphatic carbocycles. The number of Topliss-reactive ketones (excluding diaryl/α,β-unsaturated/α-hetero) is 4. The SMILES string of the molecule is CC(C)=CCC1(CC=C(C)C)C(=O)CC(=O)C(C(=O)CC(C)C)C1=O. The standard InChI is InChI=1S/C21H30O4/c1-13(2)7-9-21(10-8-14(3)4)18(24)12-17(23)19(20(21)25)16(22)11-15(5)6/h7-8,15,19H,9-12H2,1-6H3. The van der Waals surface area contributed by atoms with Gasteiger partial charge in [-0.1, -0.05) is 37.1 Å². The van der Waals surface area contributed by atoms with Crippen LogP contribution in [0.3, 0.4) is 0 Å². The van der Waals surface area contributed by atoms with Crippen molar-refractivity contribution < 1.29 is 19.2 Å². The van der Waals surface area contributed by atoms with Gasteiger partial charge in [-0.3, -0.25) is 19.2 Å². The lowest BCUT2D eigenvalue weighted by Gasteiger charge is -2.36. The van der Waals surface area contributed by atoms with Crippen LogP contribution in [0, 0.1) is 17.3 Å². The molecule has 0 N–H and O–H groups in total. The van der Waals surface area contributed by atoms with Gasteiger partial charge >= 0.3 is 0 Å². The summed E-state index contributed by atoms with van der Waals surface area (Å²) in [6.45, 7) is 11.4. The minimum Gasteiger partial charge on any atom is -0.298 e. The summed E-state index contributed by atoms with van der Waals surface area (Å²) >= 11 is 0. The monoisotopic (exact) mass is 346 g/mol. The molecule has 0 amide bonds. The van der Waals surface area contributed by atoms with Gasteiger partial charge in [-0.25, -0.2) is 0 Å². The van der Waals surface area contributed by atoms with Crippen molar-refractivity contribution in [2.75, 3.05) is 0 Å². The van der Waals surface area contributed by atoms with Crippen LogP contribution in [-0.4, -0.2) is 23.1 Å². The van der Waals surface area contributed by atoms with Crippen molar-refractivity contribution >= 4 is 23.1 Å². The van der Waals surface area contributed by atoms with E-state index in [1.165, 1.54) is 0 Å². The van der Waals surface area contributed by atoms with Gasteiger partial charge in [0.15, 0.2) is 23.1 Å². The van der Waals surface area contributed by atoms with Crippen LogP contribution in [0.4, 0.5) is 0 Å². The predicted octanol–water partition coefficient (Wildman–Crippen LogP) is 4.03. The minimum atomic E-state index is -1.29. The molecule has 1 saturated carbocycles. The Balaban J connectivity index is 3.35. The second-order valence-electron chi connectivity index (χ2n) is 7.98. The Kier molecular flexibility index (Phi) is 7.21. The molecular formula is C21H30O4. The summed E-state index contributed by atoms with van der Waals surface area (Å²) in [6, 6.07) is 0. The third kappa shape index (κ3) is 5.07. The van der Waals surface area contributed by atoms with Crippen molar-refractivity contribution in [1.29, 1.82) is 0 Å². The van der Waals surface area contributed by atoms with Gasteiger partial charge in [0.05, 0.1) is 11.8 Å². The number of carbonyl (C=O) groups excluding carboxylic acids is 4. The number of ketones is 4. The summed E-state index contributed by atoms with van der Waals surface area (Å²) in [5.74, 6) is -2.96. The van der Waals surface area contributed by atoms with Crippen molar-refractivity contribution in [3.63, 3.8) is 0 Å². The predicted molar refractivity (Wildman–Crippen MR) is 98.1 cm³/mol. The number of carbonyl (C=O) groups is 4. The molecule has 1 atom stereocenters. The molecule has 1 unspecified atom stereocenters. The highest BCUT2D eigenvalue weighted by Gasteiger charge is 2.54. The van der Waals surface area contributed by atoms with Gasteiger partial charge in [-0.2, -0.15) is 0 Å². The van der Waals surface area contributed by atoms with Gasteiger partial charge in [0, 0.05) is 6.42 Å². The first kappa shape index (κ1) is 21.2. The van der Waals surface area contributed by atoms with Gasteiger partial charge in [0.1, 0.15) is 5.92 Å². The molecule has 4 heteroatoms. The highest BCUT2D eigenvalue weighted by molar-refractivity contribution is 6.32. The molecule has 1 aliphatic rings. The third-order valence-electron chi connectivity index (χ3n) is 4.57. The van der Waals surface area contributed by atoms with E-state index in [1.807, 2.05) is 53.7 Å². The number of allylic oxidation sites excluding steroid dienone is 4. The van der Waals surface area contributed by atoms with E-state index < -0.39 is 22.9 Å². The van der Waals surface area contributed by atoms with E-state index in [2.05, 4.69) is 0 Å². The average molecular weight is 346 g/mol. The van der Waals surface area contributed by atoms with Crippen LogP contribution in [0.15, 0.2) is 23.3 Å². The molecule has 25 heavy (non-hydrogen) atoms. The smallest absolute Gasteiger partial charge is 0.164 e. The summed E-state index contributed by atoms with van der Waals surface area (Å²) < 4.78 is 0. The van der Waals surface area contributed by atoms with Gasteiger partial charge in [0.2, 0.25) is 0 Å². The summed E-state index contributed by atoms with van der Waals surface area (Å²) in [7, 11) is 0. The molecule has 0 bridgehead atoms. The first-order chi connectivity index (χ1) is 11.5. The molecule has 4 nitrogen and oxygen atoms in total. The zero-order valence-corrected chi connectivity index (χ0v) is 16.3. The van der Waals surface area contributed by atoms with Crippen molar-refractivity contribution in [2.24, 2.45) is 17.3 Å². The molecule has 0 aromatic rings. The molecule has 0 aromatic heterocycles. The lowest BCUT2D eigenvalue weighted by atomic mass is 9.62. The number of rotatable bonds is 7. The molecule has 138 valence electrons. The van der Waals surface area contributed by atoms with Crippen molar-refractivity contribution in [2.45, 2.75) is 67.2 Å². The first-order valence-corrected chi connectivity index (χ1v) is 8.91. The van der Waals surface area contributed by atoms with Crippen molar-refractivity contribution in [3.8, 4) is 0 Å². The van der Waals surface area contributed by atoms with E-state index in [9.17, 15) is 19.2 Å². The Morgan fingerprint density at radius 1 is 1.04 bits per heavy atom. The van der Waals surface area contributed by atoms with E-state index >= 15 is 0 Å². The van der Waals surface area contributed by atoms with Crippen LogP contribution in [0.5, 0.6) is 0 Å². The van der Waals surface area contributed by atoms with Gasteiger partial charge in [0.25, 0.3) is 0 Å². The van der Waals surface area contributed by atoms with E-state index in [4.69, 9.17) is 0 Å².